The molecule has 5 nitrogen and oxygen atoms in total. The Morgan fingerprint density at radius 3 is 2.12 bits per heavy atom. The molecule has 5 heteroatoms. The van der Waals surface area contributed by atoms with Crippen LogP contribution < -0.4 is 14.2 Å². The lowest BCUT2D eigenvalue weighted by Crippen LogP contribution is -2.03. The lowest BCUT2D eigenvalue weighted by molar-refractivity contribution is 0.0696. The second-order valence-corrected chi connectivity index (χ2v) is 5.70. The molecule has 1 rings (SSSR count). The average molecular weight is 334 g/mol. The van der Waals surface area contributed by atoms with E-state index in [0.717, 1.165) is 12.8 Å². The van der Waals surface area contributed by atoms with Crippen LogP contribution in [0.1, 0.15) is 44.0 Å². The fourth-order valence-electron chi connectivity index (χ4n) is 2.10. The monoisotopic (exact) mass is 334 g/mol. The summed E-state index contributed by atoms with van der Waals surface area (Å²) < 4.78 is 16.2. The number of aromatic carboxylic acids is 1. The van der Waals surface area contributed by atoms with Gasteiger partial charge in [0.25, 0.3) is 0 Å². The Hall–Kier alpha value is -2.43. The Kier molecular flexibility index (Phi) is 7.89. The van der Waals surface area contributed by atoms with E-state index in [1.165, 1.54) is 37.5 Å². The second kappa shape index (κ2) is 9.65. The van der Waals surface area contributed by atoms with Gasteiger partial charge in [0.1, 0.15) is 6.61 Å². The third kappa shape index (κ3) is 5.99. The topological polar surface area (TPSA) is 65.0 Å². The van der Waals surface area contributed by atoms with Gasteiger partial charge in [0, 0.05) is 0 Å². The van der Waals surface area contributed by atoms with Crippen LogP contribution in [0.2, 0.25) is 0 Å². The lowest BCUT2D eigenvalue weighted by Gasteiger charge is -2.14. The summed E-state index contributed by atoms with van der Waals surface area (Å²) >= 11 is 0. The minimum atomic E-state index is -1.05. The average Bonchev–Trinajstić information content (AvgIpc) is 2.53. The van der Waals surface area contributed by atoms with Gasteiger partial charge < -0.3 is 19.3 Å². The van der Waals surface area contributed by atoms with Crippen molar-refractivity contribution in [2.75, 3.05) is 20.8 Å². The van der Waals surface area contributed by atoms with Gasteiger partial charge in [-0.2, -0.15) is 0 Å². The highest BCUT2D eigenvalue weighted by Crippen LogP contribution is 2.38. The summed E-state index contributed by atoms with van der Waals surface area (Å²) in [5.74, 6) is 0.0243. The van der Waals surface area contributed by atoms with E-state index in [9.17, 15) is 4.79 Å². The fraction of sp³-hybridized carbons (Fsp3) is 0.421. The Balaban J connectivity index is 2.83. The first-order valence-electron chi connectivity index (χ1n) is 7.80. The number of allylic oxidation sites excluding steroid dienone is 3. The zero-order valence-electron chi connectivity index (χ0n) is 15.0. The van der Waals surface area contributed by atoms with Crippen LogP contribution in [0.25, 0.3) is 0 Å². The summed E-state index contributed by atoms with van der Waals surface area (Å²) in [6, 6.07) is 2.84. The minimum Gasteiger partial charge on any atom is -0.493 e. The van der Waals surface area contributed by atoms with Crippen molar-refractivity contribution in [1.29, 1.82) is 0 Å². The molecule has 0 aliphatic carbocycles. The maximum absolute atomic E-state index is 11.1. The molecule has 1 aromatic carbocycles. The van der Waals surface area contributed by atoms with Crippen molar-refractivity contribution in [3.63, 3.8) is 0 Å². The van der Waals surface area contributed by atoms with E-state index in [2.05, 4.69) is 26.8 Å². The molecule has 0 unspecified atom stereocenters. The van der Waals surface area contributed by atoms with E-state index in [0.29, 0.717) is 23.9 Å². The predicted molar refractivity (Wildman–Crippen MR) is 94.4 cm³/mol. The van der Waals surface area contributed by atoms with Crippen LogP contribution in [0.5, 0.6) is 17.2 Å². The molecule has 0 fully saturated rings. The zero-order chi connectivity index (χ0) is 18.1. The largest absolute Gasteiger partial charge is 0.493 e. The van der Waals surface area contributed by atoms with Crippen LogP contribution in [0.15, 0.2) is 35.4 Å². The summed E-state index contributed by atoms with van der Waals surface area (Å²) in [7, 11) is 2.93. The van der Waals surface area contributed by atoms with Crippen LogP contribution in [-0.2, 0) is 0 Å². The molecule has 0 saturated carbocycles. The second-order valence-electron chi connectivity index (χ2n) is 5.70. The van der Waals surface area contributed by atoms with E-state index >= 15 is 0 Å². The number of carbonyl (C=O) groups is 1. The van der Waals surface area contributed by atoms with E-state index < -0.39 is 5.97 Å². The van der Waals surface area contributed by atoms with E-state index in [1.807, 2.05) is 6.08 Å². The SMILES string of the molecule is COc1cc(C(=O)O)cc(OC)c1OC/C=C(\C)CCC=C(C)C. The number of benzene rings is 1. The summed E-state index contributed by atoms with van der Waals surface area (Å²) in [5.41, 5.74) is 2.63. The molecule has 0 heterocycles. The van der Waals surface area contributed by atoms with Gasteiger partial charge in [0.05, 0.1) is 19.8 Å². The standard InChI is InChI=1S/C19H26O5/c1-13(2)7-6-8-14(3)9-10-24-18-16(22-4)11-15(19(20)21)12-17(18)23-5/h7,9,11-12H,6,8,10H2,1-5H3,(H,20,21)/b14-9+. The highest BCUT2D eigenvalue weighted by molar-refractivity contribution is 5.89. The number of carboxylic acids is 1. The van der Waals surface area contributed by atoms with E-state index in [-0.39, 0.29) is 5.56 Å². The zero-order valence-corrected chi connectivity index (χ0v) is 15.0. The predicted octanol–water partition coefficient (Wildman–Crippen LogP) is 4.47. The van der Waals surface area contributed by atoms with Gasteiger partial charge in [0.15, 0.2) is 11.5 Å². The molecule has 0 aromatic heterocycles. The number of hydrogen-bond acceptors (Lipinski definition) is 4. The molecule has 0 atom stereocenters. The molecule has 24 heavy (non-hydrogen) atoms. The van der Waals surface area contributed by atoms with Crippen molar-refractivity contribution in [2.45, 2.75) is 33.6 Å². The number of rotatable bonds is 9. The van der Waals surface area contributed by atoms with E-state index in [4.69, 9.17) is 19.3 Å². The van der Waals surface area contributed by atoms with Crippen molar-refractivity contribution in [3.05, 3.63) is 41.0 Å². The van der Waals surface area contributed by atoms with Gasteiger partial charge in [-0.3, -0.25) is 0 Å². The molecule has 1 N–H and O–H groups in total. The van der Waals surface area contributed by atoms with Crippen LogP contribution in [0, 0.1) is 0 Å². The van der Waals surface area contributed by atoms with Crippen molar-refractivity contribution >= 4 is 5.97 Å². The third-order valence-electron chi connectivity index (χ3n) is 3.46. The van der Waals surface area contributed by atoms with Gasteiger partial charge in [0.2, 0.25) is 5.75 Å². The first-order chi connectivity index (χ1) is 11.4. The number of carboxylic acid groups (broad SMARTS) is 1. The molecule has 0 spiro atoms. The molecule has 0 radical (unpaired) electrons. The van der Waals surface area contributed by atoms with Gasteiger partial charge in [-0.05, 0) is 51.8 Å². The fourth-order valence-corrected chi connectivity index (χ4v) is 2.10. The summed E-state index contributed by atoms with van der Waals surface area (Å²) in [6.45, 7) is 6.59. The van der Waals surface area contributed by atoms with Gasteiger partial charge in [-0.1, -0.05) is 17.2 Å². The van der Waals surface area contributed by atoms with Gasteiger partial charge in [-0.15, -0.1) is 0 Å². The summed E-state index contributed by atoms with van der Waals surface area (Å²) in [4.78, 5) is 11.1. The number of methoxy groups -OCH3 is 2. The lowest BCUT2D eigenvalue weighted by atomic mass is 10.1. The quantitative estimate of drug-likeness (QED) is 0.675. The van der Waals surface area contributed by atoms with Crippen molar-refractivity contribution in [2.24, 2.45) is 0 Å². The molecule has 0 aliphatic heterocycles. The number of hydrogen-bond donors (Lipinski definition) is 1. The molecule has 0 amide bonds. The summed E-state index contributed by atoms with van der Waals surface area (Å²) in [6.07, 6.45) is 6.18. The molecular formula is C19H26O5. The first kappa shape index (κ1) is 19.6. The van der Waals surface area contributed by atoms with Gasteiger partial charge >= 0.3 is 5.97 Å². The normalized spacial score (nSPS) is 11.0. The smallest absolute Gasteiger partial charge is 0.335 e. The third-order valence-corrected chi connectivity index (χ3v) is 3.46. The Bertz CT molecular complexity index is 600. The maximum atomic E-state index is 11.1. The van der Waals surface area contributed by atoms with Crippen molar-refractivity contribution in [3.8, 4) is 17.2 Å². The Labute approximate surface area is 143 Å². The molecular weight excluding hydrogens is 308 g/mol. The van der Waals surface area contributed by atoms with Crippen molar-refractivity contribution < 1.29 is 24.1 Å². The highest BCUT2D eigenvalue weighted by Gasteiger charge is 2.16. The molecule has 132 valence electrons. The van der Waals surface area contributed by atoms with Crippen LogP contribution in [0.3, 0.4) is 0 Å². The molecule has 1 aromatic rings. The minimum absolute atomic E-state index is 0.0875. The van der Waals surface area contributed by atoms with Crippen LogP contribution in [-0.4, -0.2) is 31.9 Å². The highest BCUT2D eigenvalue weighted by atomic mass is 16.5. The van der Waals surface area contributed by atoms with Crippen LogP contribution >= 0.6 is 0 Å². The Morgan fingerprint density at radius 1 is 1.08 bits per heavy atom. The molecule has 0 saturated heterocycles. The maximum Gasteiger partial charge on any atom is 0.335 e. The molecule has 0 aliphatic rings. The Morgan fingerprint density at radius 2 is 1.67 bits per heavy atom. The summed E-state index contributed by atoms with van der Waals surface area (Å²) in [5, 5.41) is 9.12. The first-order valence-corrected chi connectivity index (χ1v) is 7.80. The number of ether oxygens (including phenoxy) is 3. The van der Waals surface area contributed by atoms with E-state index in [1.54, 1.807) is 0 Å². The van der Waals surface area contributed by atoms with Crippen molar-refractivity contribution in [1.82, 2.24) is 0 Å². The molecule has 0 bridgehead atoms. The van der Waals surface area contributed by atoms with Crippen LogP contribution in [0.4, 0.5) is 0 Å². The van der Waals surface area contributed by atoms with Gasteiger partial charge in [-0.25, -0.2) is 4.79 Å².